The summed E-state index contributed by atoms with van der Waals surface area (Å²) in [7, 11) is 1.62. The number of H-pyrrole nitrogens is 1. The Hall–Kier alpha value is -2.35. The average molecular weight is 365 g/mol. The molecule has 0 unspecified atom stereocenters. The number of aryl methyl sites for hydroxylation is 1. The van der Waals surface area contributed by atoms with Gasteiger partial charge in [-0.25, -0.2) is 4.98 Å². The molecule has 8 heteroatoms. The van der Waals surface area contributed by atoms with Crippen LogP contribution in [0.15, 0.2) is 29.6 Å². The molecule has 0 amide bonds. The van der Waals surface area contributed by atoms with Crippen molar-refractivity contribution in [1.82, 2.24) is 15.0 Å². The van der Waals surface area contributed by atoms with Crippen LogP contribution in [0.1, 0.15) is 16.8 Å². The molecule has 0 atom stereocenters. The van der Waals surface area contributed by atoms with Crippen molar-refractivity contribution in [1.29, 1.82) is 0 Å². The van der Waals surface area contributed by atoms with E-state index >= 15 is 0 Å². The second-order valence-corrected chi connectivity index (χ2v) is 6.42. The number of pyridine rings is 1. The fourth-order valence-corrected chi connectivity index (χ4v) is 3.42. The molecule has 0 aliphatic rings. The van der Waals surface area contributed by atoms with Crippen molar-refractivity contribution < 1.29 is 18.3 Å². The van der Waals surface area contributed by atoms with Gasteiger partial charge in [0.25, 0.3) is 0 Å². The van der Waals surface area contributed by atoms with E-state index in [1.54, 1.807) is 25.4 Å². The molecule has 0 fully saturated rings. The van der Waals surface area contributed by atoms with Crippen molar-refractivity contribution in [3.8, 4) is 11.5 Å². The summed E-state index contributed by atoms with van der Waals surface area (Å²) in [5.74, 6) is 1.43. The van der Waals surface area contributed by atoms with E-state index in [0.29, 0.717) is 21.9 Å². The Balaban J connectivity index is 1.85. The van der Waals surface area contributed by atoms with Crippen LogP contribution in [-0.2, 0) is 5.75 Å². The van der Waals surface area contributed by atoms with Crippen molar-refractivity contribution in [3.05, 3.63) is 41.2 Å². The molecule has 0 saturated carbocycles. The molecule has 132 valence electrons. The van der Waals surface area contributed by atoms with Gasteiger partial charge in [0.1, 0.15) is 11.3 Å². The number of imidazole rings is 1. The third kappa shape index (κ3) is 3.84. The molecule has 1 N–H and O–H groups in total. The first-order chi connectivity index (χ1) is 12.0. The summed E-state index contributed by atoms with van der Waals surface area (Å²) < 4.78 is 35.0. The van der Waals surface area contributed by atoms with Gasteiger partial charge in [-0.05, 0) is 37.6 Å². The lowest BCUT2D eigenvalue weighted by Gasteiger charge is -2.08. The van der Waals surface area contributed by atoms with Crippen molar-refractivity contribution in [2.24, 2.45) is 0 Å². The Bertz CT molecular complexity index is 899. The molecular weight excluding hydrogens is 348 g/mol. The van der Waals surface area contributed by atoms with Crippen molar-refractivity contribution in [3.63, 3.8) is 0 Å². The summed E-state index contributed by atoms with van der Waals surface area (Å²) >= 11 is 1.44. The maximum absolute atomic E-state index is 12.6. The van der Waals surface area contributed by atoms with Crippen LogP contribution in [0.4, 0.5) is 8.78 Å². The number of thioether (sulfide) groups is 1. The number of hydrogen-bond acceptors (Lipinski definition) is 5. The van der Waals surface area contributed by atoms with Crippen LogP contribution in [0.25, 0.3) is 11.0 Å². The number of ether oxygens (including phenoxy) is 2. The summed E-state index contributed by atoms with van der Waals surface area (Å²) in [4.78, 5) is 11.9. The quantitative estimate of drug-likeness (QED) is 0.653. The van der Waals surface area contributed by atoms with Crippen molar-refractivity contribution in [2.45, 2.75) is 31.4 Å². The van der Waals surface area contributed by atoms with E-state index in [9.17, 15) is 8.78 Å². The fraction of sp³-hybridized carbons (Fsp3) is 0.294. The second-order valence-electron chi connectivity index (χ2n) is 5.45. The number of alkyl halides is 2. The molecular formula is C17H17F2N3O2S. The summed E-state index contributed by atoms with van der Waals surface area (Å²) in [5, 5.41) is 0.615. The third-order valence-corrected chi connectivity index (χ3v) is 4.60. The van der Waals surface area contributed by atoms with Gasteiger partial charge in [-0.2, -0.15) is 8.78 Å². The Morgan fingerprint density at radius 1 is 1.24 bits per heavy atom. The predicted octanol–water partition coefficient (Wildman–Crippen LogP) is 4.48. The van der Waals surface area contributed by atoms with Crippen molar-refractivity contribution >= 4 is 22.8 Å². The summed E-state index contributed by atoms with van der Waals surface area (Å²) in [6.07, 6.45) is 1.69. The standard InChI is InChI=1S/C17H17F2N3O2S/c1-9-6-11-15(14(7-9)24-16(18)19)22-17(21-11)25-8-12-10(2)13(23-3)4-5-20-12/h4-7,16H,8H2,1-3H3,(H,21,22). The lowest BCUT2D eigenvalue weighted by molar-refractivity contribution is -0.0489. The molecule has 0 radical (unpaired) electrons. The minimum atomic E-state index is -2.89. The van der Waals surface area contributed by atoms with Gasteiger partial charge in [0, 0.05) is 17.5 Å². The molecule has 2 heterocycles. The highest BCUT2D eigenvalue weighted by Crippen LogP contribution is 2.31. The molecule has 3 aromatic rings. The van der Waals surface area contributed by atoms with Crippen LogP contribution >= 0.6 is 11.8 Å². The highest BCUT2D eigenvalue weighted by molar-refractivity contribution is 7.98. The number of aromatic nitrogens is 3. The number of nitrogens with one attached hydrogen (secondary N) is 1. The minimum Gasteiger partial charge on any atom is -0.496 e. The highest BCUT2D eigenvalue weighted by atomic mass is 32.2. The molecule has 0 bridgehead atoms. The molecule has 2 aromatic heterocycles. The normalized spacial score (nSPS) is 11.3. The zero-order chi connectivity index (χ0) is 18.0. The maximum Gasteiger partial charge on any atom is 0.387 e. The lowest BCUT2D eigenvalue weighted by atomic mass is 10.2. The van der Waals surface area contributed by atoms with E-state index in [-0.39, 0.29) is 5.75 Å². The molecule has 0 spiro atoms. The number of nitrogens with zero attached hydrogens (tertiary/aromatic N) is 2. The monoisotopic (exact) mass is 365 g/mol. The zero-order valence-electron chi connectivity index (χ0n) is 14.0. The summed E-state index contributed by atoms with van der Waals surface area (Å²) in [6.45, 7) is 0.870. The third-order valence-electron chi connectivity index (χ3n) is 3.71. The molecule has 5 nitrogen and oxygen atoms in total. The number of hydrogen-bond donors (Lipinski definition) is 1. The number of rotatable bonds is 6. The lowest BCUT2D eigenvalue weighted by Crippen LogP contribution is -2.02. The van der Waals surface area contributed by atoms with E-state index in [1.807, 2.05) is 19.9 Å². The van der Waals surface area contributed by atoms with Gasteiger partial charge in [-0.15, -0.1) is 0 Å². The van der Waals surface area contributed by atoms with Crippen LogP contribution in [0.5, 0.6) is 11.5 Å². The van der Waals surface area contributed by atoms with E-state index < -0.39 is 6.61 Å². The number of methoxy groups -OCH3 is 1. The Kier molecular flexibility index (Phi) is 5.08. The maximum atomic E-state index is 12.6. The van der Waals surface area contributed by atoms with Crippen LogP contribution in [0.3, 0.4) is 0 Å². The molecule has 0 aliphatic carbocycles. The minimum absolute atomic E-state index is 0.0729. The highest BCUT2D eigenvalue weighted by Gasteiger charge is 2.14. The van der Waals surface area contributed by atoms with Crippen LogP contribution < -0.4 is 9.47 Å². The van der Waals surface area contributed by atoms with Gasteiger partial charge < -0.3 is 14.5 Å². The summed E-state index contributed by atoms with van der Waals surface area (Å²) in [6, 6.07) is 5.21. The van der Waals surface area contributed by atoms with E-state index in [2.05, 4.69) is 19.7 Å². The van der Waals surface area contributed by atoms with Gasteiger partial charge in [-0.1, -0.05) is 11.8 Å². The first-order valence-corrected chi connectivity index (χ1v) is 8.53. The molecule has 0 saturated heterocycles. The first-order valence-electron chi connectivity index (χ1n) is 7.54. The Morgan fingerprint density at radius 2 is 2.04 bits per heavy atom. The second kappa shape index (κ2) is 7.26. The number of aromatic amines is 1. The topological polar surface area (TPSA) is 60.0 Å². The average Bonchev–Trinajstić information content (AvgIpc) is 2.96. The number of benzene rings is 1. The van der Waals surface area contributed by atoms with Crippen LogP contribution in [0.2, 0.25) is 0 Å². The predicted molar refractivity (Wildman–Crippen MR) is 92.5 cm³/mol. The van der Waals surface area contributed by atoms with E-state index in [1.165, 1.54) is 11.8 Å². The van der Waals surface area contributed by atoms with Gasteiger partial charge in [0.05, 0.1) is 18.3 Å². The zero-order valence-corrected chi connectivity index (χ0v) is 14.8. The van der Waals surface area contributed by atoms with E-state index in [4.69, 9.17) is 4.74 Å². The SMILES string of the molecule is COc1ccnc(CSc2nc3c(OC(F)F)cc(C)cc3[nH]2)c1C. The fourth-order valence-electron chi connectivity index (χ4n) is 2.52. The van der Waals surface area contributed by atoms with Gasteiger partial charge in [-0.3, -0.25) is 4.98 Å². The molecule has 3 rings (SSSR count). The largest absolute Gasteiger partial charge is 0.496 e. The summed E-state index contributed by atoms with van der Waals surface area (Å²) in [5.41, 5.74) is 3.71. The molecule has 0 aliphatic heterocycles. The Labute approximate surface area is 147 Å². The van der Waals surface area contributed by atoms with Gasteiger partial charge >= 0.3 is 6.61 Å². The number of fused-ring (bicyclic) bond motifs is 1. The smallest absolute Gasteiger partial charge is 0.387 e. The van der Waals surface area contributed by atoms with Crippen molar-refractivity contribution in [2.75, 3.05) is 7.11 Å². The number of halogens is 2. The Morgan fingerprint density at radius 3 is 2.76 bits per heavy atom. The first kappa shape index (κ1) is 17.5. The molecule has 1 aromatic carbocycles. The molecule has 25 heavy (non-hydrogen) atoms. The van der Waals surface area contributed by atoms with Gasteiger partial charge in [0.15, 0.2) is 10.9 Å². The van der Waals surface area contributed by atoms with E-state index in [0.717, 1.165) is 22.6 Å². The van der Waals surface area contributed by atoms with Crippen LogP contribution in [0, 0.1) is 13.8 Å². The van der Waals surface area contributed by atoms with Gasteiger partial charge in [0.2, 0.25) is 0 Å². The van der Waals surface area contributed by atoms with Crippen LogP contribution in [-0.4, -0.2) is 28.7 Å².